The van der Waals surface area contributed by atoms with E-state index in [1.807, 2.05) is 18.4 Å². The zero-order valence-corrected chi connectivity index (χ0v) is 14.4. The number of pyridine rings is 1. The Morgan fingerprint density at radius 1 is 1.43 bits per heavy atom. The van der Waals surface area contributed by atoms with Gasteiger partial charge in [-0.2, -0.15) is 0 Å². The molecule has 1 atom stereocenters. The Balaban J connectivity index is 1.83. The maximum atomic E-state index is 12.6. The van der Waals surface area contributed by atoms with Crippen molar-refractivity contribution in [2.75, 3.05) is 18.1 Å². The molecule has 0 saturated carbocycles. The fraction of sp³-hybridized carbons (Fsp3) is 0.467. The lowest BCUT2D eigenvalue weighted by atomic mass is 10.2. The lowest BCUT2D eigenvalue weighted by Crippen LogP contribution is -2.42. The standard InChI is InChI=1S/C15H18N2O4S2/c1-2-17(11-5-8-23(20,21)10-11)14(19)9-16-6-3-13(18)15-12(16)4-7-22-15/h3-4,6-7,11H,2,5,8-10H2,1H3. The molecule has 2 aromatic rings. The quantitative estimate of drug-likeness (QED) is 0.824. The number of hydrogen-bond acceptors (Lipinski definition) is 5. The van der Waals surface area contributed by atoms with Gasteiger partial charge >= 0.3 is 0 Å². The second-order valence-corrected chi connectivity index (χ2v) is 8.82. The number of nitrogens with zero attached hydrogens (tertiary/aromatic N) is 2. The summed E-state index contributed by atoms with van der Waals surface area (Å²) in [6, 6.07) is 3.04. The van der Waals surface area contributed by atoms with Crippen molar-refractivity contribution in [2.45, 2.75) is 25.9 Å². The molecule has 6 nitrogen and oxygen atoms in total. The van der Waals surface area contributed by atoms with Gasteiger partial charge in [0.25, 0.3) is 0 Å². The predicted molar refractivity (Wildman–Crippen MR) is 90.5 cm³/mol. The minimum atomic E-state index is -3.03. The van der Waals surface area contributed by atoms with Gasteiger partial charge in [0.2, 0.25) is 5.91 Å². The molecule has 1 aliphatic rings. The third-order valence-electron chi connectivity index (χ3n) is 4.20. The molecule has 1 unspecified atom stereocenters. The van der Waals surface area contributed by atoms with E-state index in [0.29, 0.717) is 17.7 Å². The summed E-state index contributed by atoms with van der Waals surface area (Å²) in [4.78, 5) is 26.1. The highest BCUT2D eigenvalue weighted by Crippen LogP contribution is 2.20. The largest absolute Gasteiger partial charge is 0.337 e. The molecule has 3 rings (SSSR count). The van der Waals surface area contributed by atoms with Gasteiger partial charge in [-0.25, -0.2) is 8.42 Å². The van der Waals surface area contributed by atoms with Gasteiger partial charge in [-0.15, -0.1) is 11.3 Å². The van der Waals surface area contributed by atoms with Crippen LogP contribution in [0.25, 0.3) is 10.2 Å². The molecule has 3 heterocycles. The monoisotopic (exact) mass is 354 g/mol. The second kappa shape index (κ2) is 6.09. The van der Waals surface area contributed by atoms with Gasteiger partial charge in [0.1, 0.15) is 6.54 Å². The number of aromatic nitrogens is 1. The van der Waals surface area contributed by atoms with Gasteiger partial charge in [0.15, 0.2) is 15.3 Å². The van der Waals surface area contributed by atoms with Crippen LogP contribution in [0.5, 0.6) is 0 Å². The van der Waals surface area contributed by atoms with Crippen LogP contribution < -0.4 is 5.43 Å². The van der Waals surface area contributed by atoms with Crippen LogP contribution in [0.2, 0.25) is 0 Å². The molecule has 1 amide bonds. The predicted octanol–water partition coefficient (Wildman–Crippen LogP) is 1.10. The minimum Gasteiger partial charge on any atom is -0.337 e. The van der Waals surface area contributed by atoms with Crippen molar-refractivity contribution in [1.82, 2.24) is 9.47 Å². The molecule has 1 aliphatic heterocycles. The average Bonchev–Trinajstić information content (AvgIpc) is 3.10. The summed E-state index contributed by atoms with van der Waals surface area (Å²) in [5, 5.41) is 1.83. The van der Waals surface area contributed by atoms with E-state index >= 15 is 0 Å². The molecule has 23 heavy (non-hydrogen) atoms. The van der Waals surface area contributed by atoms with Crippen molar-refractivity contribution in [3.8, 4) is 0 Å². The zero-order chi connectivity index (χ0) is 16.6. The first-order valence-electron chi connectivity index (χ1n) is 7.48. The summed E-state index contributed by atoms with van der Waals surface area (Å²) in [6.07, 6.45) is 2.12. The summed E-state index contributed by atoms with van der Waals surface area (Å²) < 4.78 is 25.7. The summed E-state index contributed by atoms with van der Waals surface area (Å²) in [7, 11) is -3.03. The smallest absolute Gasteiger partial charge is 0.242 e. The fourth-order valence-corrected chi connectivity index (χ4v) is 5.61. The number of hydrogen-bond donors (Lipinski definition) is 0. The van der Waals surface area contributed by atoms with Crippen molar-refractivity contribution >= 4 is 37.3 Å². The van der Waals surface area contributed by atoms with Gasteiger partial charge in [-0.05, 0) is 24.8 Å². The summed E-state index contributed by atoms with van der Waals surface area (Å²) in [6.45, 7) is 2.44. The molecule has 0 N–H and O–H groups in total. The Labute approximate surface area is 138 Å². The van der Waals surface area contributed by atoms with Gasteiger partial charge in [-0.1, -0.05) is 0 Å². The van der Waals surface area contributed by atoms with E-state index in [4.69, 9.17) is 0 Å². The number of amides is 1. The van der Waals surface area contributed by atoms with E-state index in [2.05, 4.69) is 0 Å². The van der Waals surface area contributed by atoms with Crippen molar-refractivity contribution in [2.24, 2.45) is 0 Å². The molecule has 0 spiro atoms. The van der Waals surface area contributed by atoms with Crippen LogP contribution in [-0.2, 0) is 21.2 Å². The molecule has 8 heteroatoms. The normalized spacial score (nSPS) is 20.0. The minimum absolute atomic E-state index is 0.0462. The lowest BCUT2D eigenvalue weighted by molar-refractivity contribution is -0.133. The molecule has 1 saturated heterocycles. The molecule has 1 fully saturated rings. The van der Waals surface area contributed by atoms with E-state index in [1.165, 1.54) is 17.4 Å². The highest BCUT2D eigenvalue weighted by Gasteiger charge is 2.33. The first-order chi connectivity index (χ1) is 10.9. The van der Waals surface area contributed by atoms with Gasteiger partial charge in [0, 0.05) is 24.8 Å². The molecule has 2 aromatic heterocycles. The summed E-state index contributed by atoms with van der Waals surface area (Å²) >= 11 is 1.36. The maximum absolute atomic E-state index is 12.6. The first-order valence-corrected chi connectivity index (χ1v) is 10.2. The summed E-state index contributed by atoms with van der Waals surface area (Å²) in [5.41, 5.74) is 0.693. The van der Waals surface area contributed by atoms with Crippen molar-refractivity contribution < 1.29 is 13.2 Å². The Hall–Kier alpha value is -1.67. The van der Waals surface area contributed by atoms with Gasteiger partial charge < -0.3 is 9.47 Å². The van der Waals surface area contributed by atoms with Gasteiger partial charge in [-0.3, -0.25) is 9.59 Å². The van der Waals surface area contributed by atoms with Crippen LogP contribution >= 0.6 is 11.3 Å². The third-order valence-corrected chi connectivity index (χ3v) is 6.87. The summed E-state index contributed by atoms with van der Waals surface area (Å²) in [5.74, 6) is 0.0736. The molecule has 0 aliphatic carbocycles. The average molecular weight is 354 g/mol. The number of likely N-dealkylation sites (N-methyl/N-ethyl adjacent to an activating group) is 1. The van der Waals surface area contributed by atoms with Crippen molar-refractivity contribution in [3.63, 3.8) is 0 Å². The Kier molecular flexibility index (Phi) is 4.29. The van der Waals surface area contributed by atoms with E-state index in [0.717, 1.165) is 5.52 Å². The fourth-order valence-electron chi connectivity index (χ4n) is 3.06. The van der Waals surface area contributed by atoms with Crippen LogP contribution in [0.1, 0.15) is 13.3 Å². The van der Waals surface area contributed by atoms with E-state index in [1.54, 1.807) is 15.7 Å². The molecular weight excluding hydrogens is 336 g/mol. The van der Waals surface area contributed by atoms with E-state index in [9.17, 15) is 18.0 Å². The van der Waals surface area contributed by atoms with Crippen LogP contribution in [0.15, 0.2) is 28.5 Å². The number of carbonyl (C=O) groups is 1. The lowest BCUT2D eigenvalue weighted by Gasteiger charge is -2.27. The van der Waals surface area contributed by atoms with Crippen LogP contribution in [0.4, 0.5) is 0 Å². The highest BCUT2D eigenvalue weighted by atomic mass is 32.2. The molecule has 0 aromatic carbocycles. The Morgan fingerprint density at radius 2 is 2.22 bits per heavy atom. The van der Waals surface area contributed by atoms with E-state index in [-0.39, 0.29) is 35.4 Å². The zero-order valence-electron chi connectivity index (χ0n) is 12.8. The number of carbonyl (C=O) groups excluding carboxylic acids is 1. The Morgan fingerprint density at radius 3 is 2.87 bits per heavy atom. The maximum Gasteiger partial charge on any atom is 0.242 e. The van der Waals surface area contributed by atoms with Gasteiger partial charge in [0.05, 0.1) is 21.7 Å². The molecular formula is C15H18N2O4S2. The van der Waals surface area contributed by atoms with Crippen molar-refractivity contribution in [3.05, 3.63) is 33.9 Å². The first kappa shape index (κ1) is 16.2. The highest BCUT2D eigenvalue weighted by molar-refractivity contribution is 7.91. The van der Waals surface area contributed by atoms with Crippen LogP contribution in [0.3, 0.4) is 0 Å². The number of thiophene rings is 1. The van der Waals surface area contributed by atoms with Crippen LogP contribution in [0, 0.1) is 0 Å². The third kappa shape index (κ3) is 3.18. The van der Waals surface area contributed by atoms with Crippen LogP contribution in [-0.4, -0.2) is 47.9 Å². The molecule has 0 bridgehead atoms. The second-order valence-electron chi connectivity index (χ2n) is 5.68. The molecule has 124 valence electrons. The number of fused-ring (bicyclic) bond motifs is 1. The topological polar surface area (TPSA) is 76.5 Å². The van der Waals surface area contributed by atoms with E-state index < -0.39 is 9.84 Å². The number of sulfone groups is 1. The van der Waals surface area contributed by atoms with Crippen molar-refractivity contribution in [1.29, 1.82) is 0 Å². The SMILES string of the molecule is CCN(C(=O)Cn1ccc(=O)c2sccc21)C1CCS(=O)(=O)C1. The Bertz CT molecular complexity index is 898. The molecule has 0 radical (unpaired) electrons. The number of rotatable bonds is 4.